The highest BCUT2D eigenvalue weighted by molar-refractivity contribution is 7.18. The molecule has 8 heteroatoms. The number of aromatic nitrogens is 1. The minimum atomic E-state index is -0.647. The van der Waals surface area contributed by atoms with Crippen molar-refractivity contribution >= 4 is 50.4 Å². The fraction of sp³-hybridized carbons (Fsp3) is 0.278. The van der Waals surface area contributed by atoms with Gasteiger partial charge in [-0.2, -0.15) is 0 Å². The van der Waals surface area contributed by atoms with Crippen molar-refractivity contribution in [2.45, 2.75) is 19.5 Å². The number of thiophene rings is 1. The number of fused-ring (bicyclic) bond motifs is 1. The van der Waals surface area contributed by atoms with Gasteiger partial charge in [0.15, 0.2) is 0 Å². The molecule has 0 aliphatic carbocycles. The van der Waals surface area contributed by atoms with Crippen LogP contribution in [0.15, 0.2) is 35.7 Å². The first kappa shape index (κ1) is 17.1. The van der Waals surface area contributed by atoms with Gasteiger partial charge in [0.2, 0.25) is 11.8 Å². The van der Waals surface area contributed by atoms with Gasteiger partial charge in [-0.25, -0.2) is 4.98 Å². The van der Waals surface area contributed by atoms with Gasteiger partial charge in [-0.1, -0.05) is 6.07 Å². The number of thiazole rings is 1. The molecule has 0 spiro atoms. The van der Waals surface area contributed by atoms with E-state index in [0.717, 1.165) is 20.1 Å². The van der Waals surface area contributed by atoms with Gasteiger partial charge in [0, 0.05) is 10.6 Å². The lowest BCUT2D eigenvalue weighted by atomic mass is 10.2. The number of ether oxygens (including phenoxy) is 1. The Morgan fingerprint density at radius 2 is 2.31 bits per heavy atom. The van der Waals surface area contributed by atoms with Gasteiger partial charge in [0.05, 0.1) is 28.4 Å². The number of hydrogen-bond acceptors (Lipinski definition) is 6. The van der Waals surface area contributed by atoms with Crippen LogP contribution in [0.4, 0.5) is 5.69 Å². The molecule has 1 fully saturated rings. The molecule has 1 atom stereocenters. The zero-order chi connectivity index (χ0) is 18.1. The lowest BCUT2D eigenvalue weighted by Crippen LogP contribution is -2.54. The highest BCUT2D eigenvalue weighted by Gasteiger charge is 2.34. The van der Waals surface area contributed by atoms with Gasteiger partial charge in [0.25, 0.3) is 0 Å². The van der Waals surface area contributed by atoms with E-state index in [4.69, 9.17) is 4.74 Å². The molecule has 3 heterocycles. The third kappa shape index (κ3) is 3.48. The topological polar surface area (TPSA) is 71.5 Å². The minimum absolute atomic E-state index is 0.0131. The van der Waals surface area contributed by atoms with E-state index in [2.05, 4.69) is 10.3 Å². The van der Waals surface area contributed by atoms with E-state index in [-0.39, 0.29) is 25.0 Å². The number of aryl methyl sites for hydroxylation is 1. The van der Waals surface area contributed by atoms with Crippen molar-refractivity contribution in [3.8, 4) is 0 Å². The van der Waals surface area contributed by atoms with Gasteiger partial charge < -0.3 is 15.0 Å². The molecule has 134 valence electrons. The number of morpholine rings is 1. The summed E-state index contributed by atoms with van der Waals surface area (Å²) in [5.41, 5.74) is 1.53. The SMILES string of the molecule is Cc1nc2cc(NC(=O)[C@@H]3COCC(=O)N3Cc3cccs3)ccc2s1. The van der Waals surface area contributed by atoms with Crippen LogP contribution in [0.3, 0.4) is 0 Å². The van der Waals surface area contributed by atoms with Crippen molar-refractivity contribution in [3.05, 3.63) is 45.6 Å². The molecule has 1 saturated heterocycles. The highest BCUT2D eigenvalue weighted by atomic mass is 32.1. The molecular formula is C18H17N3O3S2. The molecular weight excluding hydrogens is 370 g/mol. The molecule has 2 amide bonds. The Hall–Kier alpha value is -2.29. The molecule has 1 aliphatic rings. The normalized spacial score (nSPS) is 17.7. The molecule has 6 nitrogen and oxygen atoms in total. The van der Waals surface area contributed by atoms with Crippen LogP contribution in [0, 0.1) is 6.92 Å². The summed E-state index contributed by atoms with van der Waals surface area (Å²) in [5.74, 6) is -0.420. The van der Waals surface area contributed by atoms with E-state index < -0.39 is 6.04 Å². The van der Waals surface area contributed by atoms with Crippen LogP contribution in [-0.4, -0.2) is 41.0 Å². The van der Waals surface area contributed by atoms with Crippen LogP contribution >= 0.6 is 22.7 Å². The Labute approximate surface area is 158 Å². The molecule has 2 aromatic heterocycles. The quantitative estimate of drug-likeness (QED) is 0.747. The first-order valence-electron chi connectivity index (χ1n) is 8.18. The predicted octanol–water partition coefficient (Wildman–Crippen LogP) is 3.03. The van der Waals surface area contributed by atoms with Crippen LogP contribution in [-0.2, 0) is 20.9 Å². The lowest BCUT2D eigenvalue weighted by molar-refractivity contribution is -0.153. The average molecular weight is 387 g/mol. The lowest BCUT2D eigenvalue weighted by Gasteiger charge is -2.34. The van der Waals surface area contributed by atoms with Crippen LogP contribution in [0.2, 0.25) is 0 Å². The predicted molar refractivity (Wildman–Crippen MR) is 102 cm³/mol. The number of hydrogen-bond donors (Lipinski definition) is 1. The maximum absolute atomic E-state index is 12.8. The molecule has 0 bridgehead atoms. The summed E-state index contributed by atoms with van der Waals surface area (Å²) in [6, 6.07) is 8.90. The maximum atomic E-state index is 12.8. The molecule has 0 radical (unpaired) electrons. The number of carbonyl (C=O) groups is 2. The number of nitrogens with zero attached hydrogens (tertiary/aromatic N) is 2. The van der Waals surface area contributed by atoms with E-state index in [0.29, 0.717) is 12.2 Å². The molecule has 0 unspecified atom stereocenters. The van der Waals surface area contributed by atoms with Crippen LogP contribution in [0.25, 0.3) is 10.2 Å². The second-order valence-corrected chi connectivity index (χ2v) is 8.30. The highest BCUT2D eigenvalue weighted by Crippen LogP contribution is 2.25. The monoisotopic (exact) mass is 387 g/mol. The molecule has 26 heavy (non-hydrogen) atoms. The number of rotatable bonds is 4. The van der Waals surface area contributed by atoms with E-state index in [1.54, 1.807) is 27.6 Å². The first-order chi connectivity index (χ1) is 12.6. The third-order valence-electron chi connectivity index (χ3n) is 4.17. The minimum Gasteiger partial charge on any atom is -0.369 e. The molecule has 1 N–H and O–H groups in total. The van der Waals surface area contributed by atoms with Crippen molar-refractivity contribution in [1.82, 2.24) is 9.88 Å². The molecule has 1 aromatic carbocycles. The zero-order valence-corrected chi connectivity index (χ0v) is 15.7. The number of anilines is 1. The standard InChI is InChI=1S/C18H17N3O3S2/c1-11-19-14-7-12(4-5-16(14)26-11)20-18(23)15-9-24-10-17(22)21(15)8-13-3-2-6-25-13/h2-7,15H,8-10H2,1H3,(H,20,23)/t15-/m0/s1. The smallest absolute Gasteiger partial charge is 0.249 e. The maximum Gasteiger partial charge on any atom is 0.249 e. The van der Waals surface area contributed by atoms with Crippen molar-refractivity contribution in [3.63, 3.8) is 0 Å². The van der Waals surface area contributed by atoms with Crippen molar-refractivity contribution < 1.29 is 14.3 Å². The van der Waals surface area contributed by atoms with Crippen LogP contribution < -0.4 is 5.32 Å². The summed E-state index contributed by atoms with van der Waals surface area (Å²) in [6.07, 6.45) is 0. The largest absolute Gasteiger partial charge is 0.369 e. The molecule has 3 aromatic rings. The third-order valence-corrected chi connectivity index (χ3v) is 5.98. The van der Waals surface area contributed by atoms with E-state index in [1.165, 1.54) is 0 Å². The van der Waals surface area contributed by atoms with Crippen LogP contribution in [0.1, 0.15) is 9.88 Å². The Bertz CT molecular complexity index is 952. The van der Waals surface area contributed by atoms with Crippen molar-refractivity contribution in [1.29, 1.82) is 0 Å². The zero-order valence-electron chi connectivity index (χ0n) is 14.1. The van der Waals surface area contributed by atoms with Crippen molar-refractivity contribution in [2.75, 3.05) is 18.5 Å². The van der Waals surface area contributed by atoms with Gasteiger partial charge >= 0.3 is 0 Å². The van der Waals surface area contributed by atoms with Gasteiger partial charge in [-0.05, 0) is 36.6 Å². The van der Waals surface area contributed by atoms with E-state index in [1.807, 2.05) is 42.6 Å². The number of benzene rings is 1. The molecule has 4 rings (SSSR count). The second kappa shape index (κ2) is 7.14. The molecule has 1 aliphatic heterocycles. The number of nitrogens with one attached hydrogen (secondary N) is 1. The Morgan fingerprint density at radius 3 is 3.12 bits per heavy atom. The summed E-state index contributed by atoms with van der Waals surface area (Å²) in [4.78, 5) is 32.2. The Balaban J connectivity index is 1.53. The Kier molecular flexibility index (Phi) is 4.71. The Morgan fingerprint density at radius 1 is 1.42 bits per heavy atom. The number of amides is 2. The van der Waals surface area contributed by atoms with Gasteiger partial charge in [-0.15, -0.1) is 22.7 Å². The van der Waals surface area contributed by atoms with Crippen molar-refractivity contribution in [2.24, 2.45) is 0 Å². The average Bonchev–Trinajstić information content (AvgIpc) is 3.24. The summed E-state index contributed by atoms with van der Waals surface area (Å²) >= 11 is 3.18. The summed E-state index contributed by atoms with van der Waals surface area (Å²) in [5, 5.41) is 5.84. The summed E-state index contributed by atoms with van der Waals surface area (Å²) in [7, 11) is 0. The summed E-state index contributed by atoms with van der Waals surface area (Å²) < 4.78 is 6.40. The van der Waals surface area contributed by atoms with Gasteiger partial charge in [-0.3, -0.25) is 9.59 Å². The fourth-order valence-corrected chi connectivity index (χ4v) is 4.45. The first-order valence-corrected chi connectivity index (χ1v) is 9.87. The van der Waals surface area contributed by atoms with E-state index >= 15 is 0 Å². The van der Waals surface area contributed by atoms with Crippen LogP contribution in [0.5, 0.6) is 0 Å². The molecule has 0 saturated carbocycles. The van der Waals surface area contributed by atoms with E-state index in [9.17, 15) is 9.59 Å². The fourth-order valence-electron chi connectivity index (χ4n) is 2.94. The van der Waals surface area contributed by atoms with Gasteiger partial charge in [0.1, 0.15) is 12.6 Å². The number of carbonyl (C=O) groups excluding carboxylic acids is 2. The summed E-state index contributed by atoms with van der Waals surface area (Å²) in [6.45, 7) is 2.58. The second-order valence-electron chi connectivity index (χ2n) is 6.04.